The second kappa shape index (κ2) is 5.47. The number of aryl methyl sites for hydroxylation is 1. The van der Waals surface area contributed by atoms with Crippen molar-refractivity contribution in [3.63, 3.8) is 0 Å². The Morgan fingerprint density at radius 1 is 1.35 bits per heavy atom. The molecule has 0 radical (unpaired) electrons. The molecule has 0 spiro atoms. The van der Waals surface area contributed by atoms with Gasteiger partial charge in [-0.15, -0.1) is 11.3 Å². The Labute approximate surface area is 121 Å². The molecule has 0 aliphatic rings. The van der Waals surface area contributed by atoms with E-state index in [0.29, 0.717) is 0 Å². The molecule has 2 aromatic rings. The molecule has 2 heterocycles. The van der Waals surface area contributed by atoms with E-state index in [9.17, 15) is 13.2 Å². The lowest BCUT2D eigenvalue weighted by atomic mass is 10.4. The van der Waals surface area contributed by atoms with Crippen molar-refractivity contribution in [1.82, 2.24) is 13.9 Å². The molecule has 0 unspecified atom stereocenters. The lowest BCUT2D eigenvalue weighted by molar-refractivity contribution is 0.519. The summed E-state index contributed by atoms with van der Waals surface area (Å²) in [6.07, 6.45) is 1.35. The van der Waals surface area contributed by atoms with Gasteiger partial charge in [0, 0.05) is 31.7 Å². The van der Waals surface area contributed by atoms with Crippen molar-refractivity contribution in [2.45, 2.75) is 18.4 Å². The molecule has 2 aromatic heterocycles. The molecule has 0 aromatic carbocycles. The van der Waals surface area contributed by atoms with Crippen LogP contribution in [0.5, 0.6) is 0 Å². The van der Waals surface area contributed by atoms with Crippen molar-refractivity contribution >= 4 is 21.4 Å². The smallest absolute Gasteiger partial charge is 0.250 e. The topological polar surface area (TPSA) is 72.3 Å². The van der Waals surface area contributed by atoms with E-state index in [0.717, 1.165) is 15.0 Å². The van der Waals surface area contributed by atoms with E-state index < -0.39 is 10.0 Å². The average molecular weight is 313 g/mol. The predicted octanol–water partition coefficient (Wildman–Crippen LogP) is 0.912. The summed E-state index contributed by atoms with van der Waals surface area (Å²) in [6.45, 7) is 2.14. The Kier molecular flexibility index (Phi) is 4.07. The second-order valence-corrected chi connectivity index (χ2v) is 7.69. The molecular weight excluding hydrogens is 298 g/mol. The van der Waals surface area contributed by atoms with Gasteiger partial charge in [0.25, 0.3) is 5.56 Å². The lowest BCUT2D eigenvalue weighted by Crippen LogP contribution is -2.26. The maximum Gasteiger partial charge on any atom is 0.250 e. The quantitative estimate of drug-likeness (QED) is 0.841. The molecule has 108 valence electrons. The highest BCUT2D eigenvalue weighted by atomic mass is 32.2. The number of hydrogen-bond donors (Lipinski definition) is 0. The van der Waals surface area contributed by atoms with Gasteiger partial charge in [-0.3, -0.25) is 4.79 Å². The summed E-state index contributed by atoms with van der Waals surface area (Å²) in [5.74, 6) is 0. The predicted molar refractivity (Wildman–Crippen MR) is 77.5 cm³/mol. The molecule has 2 rings (SSSR count). The van der Waals surface area contributed by atoms with Gasteiger partial charge >= 0.3 is 0 Å². The summed E-state index contributed by atoms with van der Waals surface area (Å²) >= 11 is 1.49. The van der Waals surface area contributed by atoms with Gasteiger partial charge in [-0.05, 0) is 13.0 Å². The monoisotopic (exact) mass is 313 g/mol. The van der Waals surface area contributed by atoms with Crippen LogP contribution in [0.15, 0.2) is 33.4 Å². The molecule has 0 atom stereocenters. The molecule has 20 heavy (non-hydrogen) atoms. The highest BCUT2D eigenvalue weighted by Crippen LogP contribution is 2.12. The number of nitrogens with zero attached hydrogens (tertiary/aromatic N) is 3. The first-order valence-electron chi connectivity index (χ1n) is 5.85. The molecule has 0 amide bonds. The number of pyridine rings is 1. The van der Waals surface area contributed by atoms with E-state index in [1.165, 1.54) is 48.3 Å². The molecule has 0 aliphatic carbocycles. The fourth-order valence-electron chi connectivity index (χ4n) is 1.65. The van der Waals surface area contributed by atoms with Crippen LogP contribution in [0.25, 0.3) is 0 Å². The number of hydrogen-bond acceptors (Lipinski definition) is 5. The molecule has 0 saturated heterocycles. The summed E-state index contributed by atoms with van der Waals surface area (Å²) in [5.41, 5.74) is 0.488. The van der Waals surface area contributed by atoms with Gasteiger partial charge in [0.15, 0.2) is 0 Å². The standard InChI is InChI=1S/C12H15N3O3S2/c1-9-13-10(8-19-9)6-15-7-11(4-5-12(15)16)20(17,18)14(2)3/h4-5,7-8H,6H2,1-3H3. The van der Waals surface area contributed by atoms with Crippen molar-refractivity contribution in [3.8, 4) is 0 Å². The van der Waals surface area contributed by atoms with Crippen LogP contribution in [0, 0.1) is 6.92 Å². The first-order valence-corrected chi connectivity index (χ1v) is 8.16. The van der Waals surface area contributed by atoms with Gasteiger partial charge in [0.2, 0.25) is 10.0 Å². The Morgan fingerprint density at radius 3 is 2.60 bits per heavy atom. The van der Waals surface area contributed by atoms with Gasteiger partial charge in [-0.25, -0.2) is 17.7 Å². The van der Waals surface area contributed by atoms with Crippen molar-refractivity contribution in [1.29, 1.82) is 0 Å². The van der Waals surface area contributed by atoms with Gasteiger partial charge in [0.1, 0.15) is 0 Å². The Bertz CT molecular complexity index is 775. The molecular formula is C12H15N3O3S2. The maximum atomic E-state index is 12.0. The highest BCUT2D eigenvalue weighted by Gasteiger charge is 2.18. The first kappa shape index (κ1) is 14.9. The normalized spacial score (nSPS) is 12.0. The summed E-state index contributed by atoms with van der Waals surface area (Å²) < 4.78 is 26.6. The maximum absolute atomic E-state index is 12.0. The summed E-state index contributed by atoms with van der Waals surface area (Å²) in [4.78, 5) is 16.2. The third-order valence-electron chi connectivity index (χ3n) is 2.73. The van der Waals surface area contributed by atoms with Crippen LogP contribution in [0.4, 0.5) is 0 Å². The van der Waals surface area contributed by atoms with Crippen molar-refractivity contribution in [3.05, 3.63) is 44.8 Å². The van der Waals surface area contributed by atoms with Crippen LogP contribution in [0.3, 0.4) is 0 Å². The minimum atomic E-state index is -3.55. The van der Waals surface area contributed by atoms with Gasteiger partial charge in [0.05, 0.1) is 22.1 Å². The molecule has 0 N–H and O–H groups in total. The van der Waals surface area contributed by atoms with E-state index in [2.05, 4.69) is 4.98 Å². The van der Waals surface area contributed by atoms with Crippen molar-refractivity contribution < 1.29 is 8.42 Å². The van der Waals surface area contributed by atoms with E-state index in [1.54, 1.807) is 0 Å². The van der Waals surface area contributed by atoms with Gasteiger partial charge < -0.3 is 4.57 Å². The van der Waals surface area contributed by atoms with Crippen LogP contribution in [0.1, 0.15) is 10.7 Å². The van der Waals surface area contributed by atoms with Crippen LogP contribution >= 0.6 is 11.3 Å². The third kappa shape index (κ3) is 2.97. The third-order valence-corrected chi connectivity index (χ3v) is 5.35. The number of aromatic nitrogens is 2. The zero-order valence-corrected chi connectivity index (χ0v) is 13.0. The van der Waals surface area contributed by atoms with E-state index in [-0.39, 0.29) is 17.0 Å². The largest absolute Gasteiger partial charge is 0.308 e. The molecule has 6 nitrogen and oxygen atoms in total. The van der Waals surface area contributed by atoms with Crippen molar-refractivity contribution in [2.75, 3.05) is 14.1 Å². The SMILES string of the molecule is Cc1nc(Cn2cc(S(=O)(=O)N(C)C)ccc2=O)cs1. The van der Waals surface area contributed by atoms with Crippen LogP contribution < -0.4 is 5.56 Å². The number of sulfonamides is 1. The summed E-state index contributed by atoms with van der Waals surface area (Å²) in [7, 11) is -0.642. The fraction of sp³-hybridized carbons (Fsp3) is 0.333. The van der Waals surface area contributed by atoms with Gasteiger partial charge in [-0.2, -0.15) is 0 Å². The molecule has 0 saturated carbocycles. The molecule has 8 heteroatoms. The summed E-state index contributed by atoms with van der Waals surface area (Å²) in [5, 5.41) is 2.76. The lowest BCUT2D eigenvalue weighted by Gasteiger charge is -2.12. The molecule has 0 fully saturated rings. The Hall–Kier alpha value is -1.51. The van der Waals surface area contributed by atoms with Crippen LogP contribution in [-0.4, -0.2) is 36.4 Å². The van der Waals surface area contributed by atoms with E-state index >= 15 is 0 Å². The van der Waals surface area contributed by atoms with E-state index in [1.807, 2.05) is 12.3 Å². The second-order valence-electron chi connectivity index (χ2n) is 4.48. The minimum Gasteiger partial charge on any atom is -0.308 e. The Balaban J connectivity index is 2.42. The number of rotatable bonds is 4. The van der Waals surface area contributed by atoms with Crippen molar-refractivity contribution in [2.24, 2.45) is 0 Å². The summed E-state index contributed by atoms with van der Waals surface area (Å²) in [6, 6.07) is 2.58. The minimum absolute atomic E-state index is 0.0917. The molecule has 0 bridgehead atoms. The zero-order chi connectivity index (χ0) is 14.9. The van der Waals surface area contributed by atoms with Crippen LogP contribution in [-0.2, 0) is 16.6 Å². The van der Waals surface area contributed by atoms with Crippen LogP contribution in [0.2, 0.25) is 0 Å². The van der Waals surface area contributed by atoms with E-state index in [4.69, 9.17) is 0 Å². The fourth-order valence-corrected chi connectivity index (χ4v) is 3.18. The first-order chi connectivity index (χ1) is 9.30. The number of thiazole rings is 1. The average Bonchev–Trinajstić information content (AvgIpc) is 2.77. The highest BCUT2D eigenvalue weighted by molar-refractivity contribution is 7.89. The van der Waals surface area contributed by atoms with Gasteiger partial charge in [-0.1, -0.05) is 0 Å². The molecule has 0 aliphatic heterocycles. The Morgan fingerprint density at radius 2 is 2.05 bits per heavy atom. The zero-order valence-electron chi connectivity index (χ0n) is 11.4.